The number of fused-ring (bicyclic) bond motifs is 6. The van der Waals surface area contributed by atoms with E-state index in [1.54, 1.807) is 12.1 Å². The summed E-state index contributed by atoms with van der Waals surface area (Å²) >= 11 is -0.295. The molecule has 0 spiro atoms. The molecule has 0 bridgehead atoms. The molecule has 3 nitrogen and oxygen atoms in total. The number of benzene rings is 8. The summed E-state index contributed by atoms with van der Waals surface area (Å²) in [5.74, 6) is 7.81. The average Bonchev–Trinajstić information content (AvgIpc) is 3.97. The van der Waals surface area contributed by atoms with Crippen molar-refractivity contribution in [2.75, 3.05) is 0 Å². The number of pyridine rings is 1. The molecule has 0 aliphatic carbocycles. The molecule has 11 rings (SSSR count). The molecule has 8 aromatic carbocycles. The monoisotopic (exact) mass is 1190 g/mol. The topological polar surface area (TPSA) is 30.7 Å². The Morgan fingerprint density at radius 3 is 1.97 bits per heavy atom. The van der Waals surface area contributed by atoms with Crippen molar-refractivity contribution in [3.63, 3.8) is 0 Å². The maximum absolute atomic E-state index is 8.49. The van der Waals surface area contributed by atoms with E-state index in [-0.39, 0.29) is 25.7 Å². The van der Waals surface area contributed by atoms with Crippen molar-refractivity contribution in [3.05, 3.63) is 204 Å². The van der Waals surface area contributed by atoms with Crippen LogP contribution >= 0.6 is 11.3 Å². The smallest absolute Gasteiger partial charge is 0 e. The van der Waals surface area contributed by atoms with Crippen LogP contribution in [0.4, 0.5) is 0 Å². The van der Waals surface area contributed by atoms with Gasteiger partial charge in [-0.15, -0.1) is 18.2 Å². The first kappa shape index (κ1) is 45.0. The zero-order chi connectivity index (χ0) is 52.3. The van der Waals surface area contributed by atoms with Gasteiger partial charge in [-0.3, -0.25) is 4.98 Å². The van der Waals surface area contributed by atoms with Gasteiger partial charge in [0.1, 0.15) is 0 Å². The third-order valence-electron chi connectivity index (χ3n) is 13.4. The Kier molecular flexibility index (Phi) is 13.1. The standard InChI is InChI=1S/C47H37N2S.C18H24GeN.Ir/c1-29(2)36-16-10-17-37(30(3)4)44(36)49-45-38-15-9-8-14-34(38)25-27-42(45)48-47(49)41-19-11-18-40-39-26-24-35(28-43(39)50-46(40)41)33-22-20-32(21-23-33)31-12-6-5-7-13-31;1-13(2)16-11-18(15-9-7-14(3)8-10-15)20-12-17(16)19(4,5)6;/h5-18,20-30H,1-4H3;7-9,11-13H,1-6H3;/q2*-1;/i;3D3,13D;. The molecule has 0 atom stereocenters. The molecule has 6 heteroatoms. The fourth-order valence-electron chi connectivity index (χ4n) is 9.77. The van der Waals surface area contributed by atoms with E-state index in [0.717, 1.165) is 39.2 Å². The van der Waals surface area contributed by atoms with Crippen molar-refractivity contribution < 1.29 is 25.6 Å². The minimum Gasteiger partial charge on any atom is 0 e. The van der Waals surface area contributed by atoms with Crippen LogP contribution in [0.25, 0.3) is 92.6 Å². The third-order valence-corrected chi connectivity index (χ3v) is 18.8. The summed E-state index contributed by atoms with van der Waals surface area (Å²) in [4.78, 5) is 10.0. The van der Waals surface area contributed by atoms with E-state index < -0.39 is 26.0 Å². The molecule has 0 N–H and O–H groups in total. The quantitative estimate of drug-likeness (QED) is 0.107. The summed E-state index contributed by atoms with van der Waals surface area (Å²) in [6.45, 7) is 10.9. The Morgan fingerprint density at radius 2 is 1.31 bits per heavy atom. The van der Waals surface area contributed by atoms with Crippen LogP contribution in [-0.4, -0.2) is 27.8 Å². The van der Waals surface area contributed by atoms with Crippen molar-refractivity contribution >= 4 is 71.0 Å². The minimum atomic E-state index is -2.14. The van der Waals surface area contributed by atoms with Crippen LogP contribution in [0.1, 0.15) is 87.0 Å². The van der Waals surface area contributed by atoms with Crippen molar-refractivity contribution in [2.45, 2.75) is 83.4 Å². The molecule has 0 amide bonds. The second-order valence-corrected chi connectivity index (χ2v) is 31.9. The summed E-state index contributed by atoms with van der Waals surface area (Å²) in [5, 5.41) is 4.94. The van der Waals surface area contributed by atoms with Gasteiger partial charge in [0.15, 0.2) is 0 Å². The van der Waals surface area contributed by atoms with Gasteiger partial charge in [0.2, 0.25) is 0 Å². The summed E-state index contributed by atoms with van der Waals surface area (Å²) in [6, 6.07) is 64.1. The van der Waals surface area contributed by atoms with Crippen LogP contribution in [0.15, 0.2) is 170 Å². The summed E-state index contributed by atoms with van der Waals surface area (Å²) in [5.41, 5.74) is 14.8. The molecular formula is C65H61GeIrN3S-2. The van der Waals surface area contributed by atoms with Gasteiger partial charge in [0, 0.05) is 35.9 Å². The predicted molar refractivity (Wildman–Crippen MR) is 305 cm³/mol. The average molecular weight is 1190 g/mol. The van der Waals surface area contributed by atoms with Gasteiger partial charge >= 0.3 is 131 Å². The number of aromatic nitrogens is 3. The van der Waals surface area contributed by atoms with Crippen LogP contribution in [0, 0.1) is 19.0 Å². The molecule has 0 aliphatic rings. The number of thiophene rings is 1. The Labute approximate surface area is 446 Å². The van der Waals surface area contributed by atoms with E-state index in [2.05, 4.69) is 206 Å². The molecule has 0 fully saturated rings. The van der Waals surface area contributed by atoms with Gasteiger partial charge in [-0.2, -0.15) is 11.3 Å². The molecule has 3 aromatic heterocycles. The van der Waals surface area contributed by atoms with Crippen LogP contribution in [-0.2, 0) is 20.1 Å². The molecule has 0 saturated carbocycles. The molecule has 1 radical (unpaired) electrons. The first-order chi connectivity index (χ1) is 35.3. The molecule has 71 heavy (non-hydrogen) atoms. The third kappa shape index (κ3) is 9.87. The number of aryl methyl sites for hydroxylation is 1. The molecule has 0 saturated heterocycles. The van der Waals surface area contributed by atoms with Crippen molar-refractivity contribution in [1.82, 2.24) is 14.5 Å². The van der Waals surface area contributed by atoms with E-state index in [9.17, 15) is 0 Å². The molecule has 0 aliphatic heterocycles. The van der Waals surface area contributed by atoms with E-state index in [1.807, 2.05) is 37.4 Å². The fourth-order valence-corrected chi connectivity index (χ4v) is 14.3. The second kappa shape index (κ2) is 20.6. The molecule has 0 unspecified atom stereocenters. The van der Waals surface area contributed by atoms with Gasteiger partial charge in [-0.05, 0) is 72.8 Å². The first-order valence-corrected chi connectivity index (χ1v) is 32.5. The summed E-state index contributed by atoms with van der Waals surface area (Å²) in [7, 11) is 0. The maximum atomic E-state index is 8.49. The van der Waals surface area contributed by atoms with Crippen LogP contribution < -0.4 is 4.40 Å². The zero-order valence-electron chi connectivity index (χ0n) is 45.9. The number of rotatable bonds is 9. The van der Waals surface area contributed by atoms with Gasteiger partial charge in [-0.25, -0.2) is 0 Å². The van der Waals surface area contributed by atoms with Gasteiger partial charge < -0.3 is 4.57 Å². The molecular weight excluding hydrogens is 1120 g/mol. The van der Waals surface area contributed by atoms with Gasteiger partial charge in [-0.1, -0.05) is 154 Å². The molecule has 3 heterocycles. The Bertz CT molecular complexity index is 3820. The van der Waals surface area contributed by atoms with Crippen molar-refractivity contribution in [3.8, 4) is 50.6 Å². The maximum Gasteiger partial charge on any atom is 0 e. The van der Waals surface area contributed by atoms with E-state index in [0.29, 0.717) is 11.8 Å². The SMILES string of the molecule is CC(C)c1cccc(C(C)C)c1-n1c(-c2[c-]ccc3c2sc2cc(-c4ccc(-c5ccccc5)cc4)ccc23)nc2ccc3ccccc3c21.[2H]C([2H])([2H])c1c[c-]c(-c2cc(C([2H])(C)C)[c]([Ge]([CH3])([CH3])[CH3])cn2)cc1.[Ir]. The summed E-state index contributed by atoms with van der Waals surface area (Å²) < 4.78 is 37.0. The van der Waals surface area contributed by atoms with E-state index >= 15 is 0 Å². The largest absolute Gasteiger partial charge is 0 e. The van der Waals surface area contributed by atoms with Crippen molar-refractivity contribution in [2.24, 2.45) is 0 Å². The van der Waals surface area contributed by atoms with E-state index in [1.165, 1.54) is 80.5 Å². The number of hydrogen-bond donors (Lipinski definition) is 0. The van der Waals surface area contributed by atoms with Crippen LogP contribution in [0.5, 0.6) is 0 Å². The van der Waals surface area contributed by atoms with Crippen LogP contribution in [0.3, 0.4) is 0 Å². The number of imidazole rings is 1. The first-order valence-electron chi connectivity index (χ1n) is 26.4. The minimum absolute atomic E-state index is 0. The van der Waals surface area contributed by atoms with Gasteiger partial charge in [0.25, 0.3) is 0 Å². The summed E-state index contributed by atoms with van der Waals surface area (Å²) in [6.07, 6.45) is 1.91. The van der Waals surface area contributed by atoms with Crippen LogP contribution in [0.2, 0.25) is 17.3 Å². The Hall–Kier alpha value is -5.95. The molecule has 357 valence electrons. The Balaban J connectivity index is 0.000000233. The number of hydrogen-bond acceptors (Lipinski definition) is 3. The molecule has 11 aromatic rings. The second-order valence-electron chi connectivity index (χ2n) is 20.2. The normalized spacial score (nSPS) is 12.9. The Morgan fingerprint density at radius 1 is 0.634 bits per heavy atom. The number of nitrogens with zero attached hydrogens (tertiary/aromatic N) is 3. The van der Waals surface area contributed by atoms with Gasteiger partial charge in [0.05, 0.1) is 16.9 Å². The number of para-hydroxylation sites is 1. The van der Waals surface area contributed by atoms with E-state index in [4.69, 9.17) is 10.5 Å². The van der Waals surface area contributed by atoms with Crippen molar-refractivity contribution in [1.29, 1.82) is 0 Å². The fraction of sp³-hybridized carbons (Fsp3) is 0.200. The predicted octanol–water partition coefficient (Wildman–Crippen LogP) is 18.1. The zero-order valence-corrected chi connectivity index (χ0v) is 47.2.